The van der Waals surface area contributed by atoms with Crippen molar-refractivity contribution in [2.24, 2.45) is 0 Å². The molecule has 0 spiro atoms. The van der Waals surface area contributed by atoms with Gasteiger partial charge < -0.3 is 0 Å². The molecular weight excluding hydrogens is 384 g/mol. The van der Waals surface area contributed by atoms with Crippen LogP contribution in [0, 0.1) is 3.57 Å². The van der Waals surface area contributed by atoms with Gasteiger partial charge in [0.25, 0.3) is 0 Å². The third kappa shape index (κ3) is 3.18. The Labute approximate surface area is 111 Å². The van der Waals surface area contributed by atoms with E-state index in [9.17, 15) is 26.3 Å². The summed E-state index contributed by atoms with van der Waals surface area (Å²) in [6.07, 6.45) is -10.1. The second-order valence-electron chi connectivity index (χ2n) is 3.09. The van der Waals surface area contributed by atoms with Gasteiger partial charge in [-0.05, 0) is 34.2 Å². The van der Waals surface area contributed by atoms with Crippen LogP contribution in [0.5, 0.6) is 0 Å². The van der Waals surface area contributed by atoms with E-state index in [4.69, 9.17) is 11.6 Å². The van der Waals surface area contributed by atoms with Crippen molar-refractivity contribution < 1.29 is 26.3 Å². The fraction of sp³-hybridized carbons (Fsp3) is 0.333. The van der Waals surface area contributed by atoms with Crippen LogP contribution in [0.3, 0.4) is 0 Å². The molecule has 1 aromatic carbocycles. The Hall–Kier alpha value is -0.180. The molecular formula is C9H4ClF6I. The quantitative estimate of drug-likeness (QED) is 0.358. The van der Waals surface area contributed by atoms with Gasteiger partial charge in [-0.1, -0.05) is 6.07 Å². The van der Waals surface area contributed by atoms with Gasteiger partial charge in [-0.25, -0.2) is 0 Å². The van der Waals surface area contributed by atoms with E-state index in [1.807, 2.05) is 0 Å². The summed E-state index contributed by atoms with van der Waals surface area (Å²) < 4.78 is 74.7. The Balaban J connectivity index is 3.59. The Morgan fingerprint density at radius 1 is 1.00 bits per heavy atom. The molecule has 0 radical (unpaired) electrons. The standard InChI is InChI=1S/C9H4ClF6I/c10-3-4-1-2-5(8(11,12)13)6(7(4)17)9(14,15)16/h1-2H,3H2. The van der Waals surface area contributed by atoms with E-state index in [2.05, 4.69) is 0 Å². The Morgan fingerprint density at radius 2 is 1.53 bits per heavy atom. The maximum atomic E-state index is 12.6. The lowest BCUT2D eigenvalue weighted by atomic mass is 10.0. The molecule has 0 amide bonds. The van der Waals surface area contributed by atoms with Crippen LogP contribution in [-0.2, 0) is 18.2 Å². The minimum atomic E-state index is -5.07. The fourth-order valence-electron chi connectivity index (χ4n) is 1.24. The predicted octanol–water partition coefficient (Wildman–Crippen LogP) is 5.07. The van der Waals surface area contributed by atoms with Crippen molar-refractivity contribution in [1.82, 2.24) is 0 Å². The first-order chi connectivity index (χ1) is 7.59. The second-order valence-corrected chi connectivity index (χ2v) is 4.44. The summed E-state index contributed by atoms with van der Waals surface area (Å²) in [4.78, 5) is 0. The number of benzene rings is 1. The van der Waals surface area contributed by atoms with Gasteiger partial charge in [-0.3, -0.25) is 0 Å². The molecule has 0 fully saturated rings. The molecule has 0 aliphatic carbocycles. The van der Waals surface area contributed by atoms with Crippen molar-refractivity contribution in [1.29, 1.82) is 0 Å². The van der Waals surface area contributed by atoms with Gasteiger partial charge in [0.1, 0.15) is 0 Å². The average Bonchev–Trinajstić information content (AvgIpc) is 2.13. The van der Waals surface area contributed by atoms with Crippen molar-refractivity contribution >= 4 is 34.2 Å². The normalized spacial score (nSPS) is 12.9. The highest BCUT2D eigenvalue weighted by Gasteiger charge is 2.44. The first-order valence-corrected chi connectivity index (χ1v) is 5.72. The second kappa shape index (κ2) is 4.83. The highest BCUT2D eigenvalue weighted by Crippen LogP contribution is 2.43. The van der Waals surface area contributed by atoms with E-state index >= 15 is 0 Å². The minimum absolute atomic E-state index is 0.0209. The minimum Gasteiger partial charge on any atom is -0.166 e. The first kappa shape index (κ1) is 14.9. The van der Waals surface area contributed by atoms with Crippen molar-refractivity contribution in [2.75, 3.05) is 0 Å². The van der Waals surface area contributed by atoms with Crippen LogP contribution in [-0.4, -0.2) is 0 Å². The molecule has 0 saturated carbocycles. The molecule has 17 heavy (non-hydrogen) atoms. The largest absolute Gasteiger partial charge is 0.418 e. The molecule has 0 aromatic heterocycles. The van der Waals surface area contributed by atoms with E-state index in [0.29, 0.717) is 6.07 Å². The van der Waals surface area contributed by atoms with E-state index in [1.54, 1.807) is 0 Å². The molecule has 0 nitrogen and oxygen atoms in total. The maximum Gasteiger partial charge on any atom is 0.418 e. The lowest BCUT2D eigenvalue weighted by Crippen LogP contribution is -2.19. The van der Waals surface area contributed by atoms with Crippen molar-refractivity contribution in [3.63, 3.8) is 0 Å². The van der Waals surface area contributed by atoms with Crippen LogP contribution < -0.4 is 0 Å². The lowest BCUT2D eigenvalue weighted by molar-refractivity contribution is -0.162. The summed E-state index contributed by atoms with van der Waals surface area (Å²) in [6.45, 7) is 0. The zero-order valence-corrected chi connectivity index (χ0v) is 10.8. The predicted molar refractivity (Wildman–Crippen MR) is 58.7 cm³/mol. The molecule has 8 heteroatoms. The van der Waals surface area contributed by atoms with Gasteiger partial charge in [0.2, 0.25) is 0 Å². The monoisotopic (exact) mass is 388 g/mol. The van der Waals surface area contributed by atoms with E-state index in [1.165, 1.54) is 22.6 Å². The third-order valence-electron chi connectivity index (χ3n) is 1.95. The van der Waals surface area contributed by atoms with Crippen molar-refractivity contribution in [2.45, 2.75) is 18.2 Å². The van der Waals surface area contributed by atoms with Gasteiger partial charge in [0, 0.05) is 9.45 Å². The Kier molecular flexibility index (Phi) is 4.23. The van der Waals surface area contributed by atoms with Gasteiger partial charge in [0.15, 0.2) is 0 Å². The molecule has 1 rings (SSSR count). The molecule has 0 N–H and O–H groups in total. The molecule has 0 saturated heterocycles. The summed E-state index contributed by atoms with van der Waals surface area (Å²) >= 11 is 6.59. The topological polar surface area (TPSA) is 0 Å². The zero-order chi connectivity index (χ0) is 13.4. The van der Waals surface area contributed by atoms with E-state index in [-0.39, 0.29) is 11.4 Å². The molecule has 0 aliphatic heterocycles. The van der Waals surface area contributed by atoms with Crippen LogP contribution in [0.4, 0.5) is 26.3 Å². The summed E-state index contributed by atoms with van der Waals surface area (Å²) in [7, 11) is 0. The summed E-state index contributed by atoms with van der Waals surface area (Å²) in [5.74, 6) is -0.278. The summed E-state index contributed by atoms with van der Waals surface area (Å²) in [5.41, 5.74) is -3.35. The molecule has 0 unspecified atom stereocenters. The molecule has 0 aliphatic rings. The van der Waals surface area contributed by atoms with Crippen molar-refractivity contribution in [3.8, 4) is 0 Å². The SMILES string of the molecule is FC(F)(F)c1ccc(CCl)c(I)c1C(F)(F)F. The third-order valence-corrected chi connectivity index (χ3v) is 3.47. The highest BCUT2D eigenvalue weighted by molar-refractivity contribution is 14.1. The first-order valence-electron chi connectivity index (χ1n) is 4.10. The van der Waals surface area contributed by atoms with Crippen LogP contribution in [0.2, 0.25) is 0 Å². The van der Waals surface area contributed by atoms with Crippen molar-refractivity contribution in [3.05, 3.63) is 32.4 Å². The summed E-state index contributed by atoms with van der Waals surface area (Å²) in [5, 5.41) is 0. The maximum absolute atomic E-state index is 12.6. The van der Waals surface area contributed by atoms with Crippen LogP contribution in [0.25, 0.3) is 0 Å². The number of halogens is 8. The molecule has 0 bridgehead atoms. The number of rotatable bonds is 1. The average molecular weight is 388 g/mol. The smallest absolute Gasteiger partial charge is 0.166 e. The molecule has 0 heterocycles. The number of alkyl halides is 7. The molecule has 0 atom stereocenters. The van der Waals surface area contributed by atoms with Crippen LogP contribution in [0.1, 0.15) is 16.7 Å². The zero-order valence-electron chi connectivity index (χ0n) is 7.89. The number of hydrogen-bond acceptors (Lipinski definition) is 0. The van der Waals surface area contributed by atoms with Gasteiger partial charge in [-0.15, -0.1) is 11.6 Å². The Morgan fingerprint density at radius 3 is 1.88 bits per heavy atom. The molecule has 96 valence electrons. The fourth-order valence-corrected chi connectivity index (χ4v) is 2.65. The lowest BCUT2D eigenvalue weighted by Gasteiger charge is -2.18. The summed E-state index contributed by atoms with van der Waals surface area (Å²) in [6, 6.07) is 1.36. The van der Waals surface area contributed by atoms with E-state index < -0.39 is 27.0 Å². The molecule has 1 aromatic rings. The highest BCUT2D eigenvalue weighted by atomic mass is 127. The Bertz CT molecular complexity index is 423. The van der Waals surface area contributed by atoms with Gasteiger partial charge in [0.05, 0.1) is 11.1 Å². The number of hydrogen-bond donors (Lipinski definition) is 0. The van der Waals surface area contributed by atoms with Gasteiger partial charge in [-0.2, -0.15) is 26.3 Å². The van der Waals surface area contributed by atoms with Crippen LogP contribution >= 0.6 is 34.2 Å². The van der Waals surface area contributed by atoms with E-state index in [0.717, 1.165) is 6.07 Å². The van der Waals surface area contributed by atoms with Crippen LogP contribution in [0.15, 0.2) is 12.1 Å². The van der Waals surface area contributed by atoms with Gasteiger partial charge >= 0.3 is 12.4 Å².